The molecule has 2 atom stereocenters. The molecule has 1 N–H and O–H groups in total. The van der Waals surface area contributed by atoms with Crippen LogP contribution in [0.15, 0.2) is 11.6 Å². The van der Waals surface area contributed by atoms with Crippen LogP contribution in [-0.2, 0) is 9.53 Å². The average molecular weight is 324 g/mol. The number of carbonyl (C=O) groups excluding carboxylic acids is 1. The monoisotopic (exact) mass is 324 g/mol. The third-order valence-corrected chi connectivity index (χ3v) is 5.29. The first-order valence-electron chi connectivity index (χ1n) is 8.02. The molecule has 2 unspecified atom stereocenters. The van der Waals surface area contributed by atoms with Crippen LogP contribution in [0.4, 0.5) is 5.13 Å². The summed E-state index contributed by atoms with van der Waals surface area (Å²) in [6.07, 6.45) is 4.21. The summed E-state index contributed by atoms with van der Waals surface area (Å²) in [6, 6.07) is -0.0835. The molecule has 2 saturated heterocycles. The van der Waals surface area contributed by atoms with Crippen molar-refractivity contribution in [1.82, 2.24) is 15.2 Å². The lowest BCUT2D eigenvalue weighted by Crippen LogP contribution is -2.54. The molecule has 0 spiro atoms. The van der Waals surface area contributed by atoms with Gasteiger partial charge in [0.2, 0.25) is 5.91 Å². The summed E-state index contributed by atoms with van der Waals surface area (Å²) >= 11 is 1.67. The van der Waals surface area contributed by atoms with Gasteiger partial charge in [0.25, 0.3) is 0 Å². The maximum absolute atomic E-state index is 12.3. The summed E-state index contributed by atoms with van der Waals surface area (Å²) in [5.41, 5.74) is 0. The number of thiazole rings is 1. The Kier molecular flexibility index (Phi) is 5.28. The third-order valence-electron chi connectivity index (χ3n) is 4.46. The first kappa shape index (κ1) is 15.7. The highest BCUT2D eigenvalue weighted by Gasteiger charge is 2.27. The number of rotatable bonds is 5. The molecule has 0 aromatic carbocycles. The van der Waals surface area contributed by atoms with E-state index < -0.39 is 0 Å². The van der Waals surface area contributed by atoms with Crippen LogP contribution in [0.1, 0.15) is 19.8 Å². The molecule has 0 aliphatic carbocycles. The number of hydrogen-bond donors (Lipinski definition) is 1. The van der Waals surface area contributed by atoms with Crippen molar-refractivity contribution in [2.45, 2.75) is 31.9 Å². The Morgan fingerprint density at radius 2 is 2.32 bits per heavy atom. The molecule has 7 heteroatoms. The number of ether oxygens (including phenoxy) is 1. The van der Waals surface area contributed by atoms with E-state index in [0.717, 1.165) is 50.8 Å². The van der Waals surface area contributed by atoms with Crippen molar-refractivity contribution in [2.24, 2.45) is 0 Å². The maximum atomic E-state index is 12.3. The van der Waals surface area contributed by atoms with Gasteiger partial charge in [0.1, 0.15) is 0 Å². The minimum atomic E-state index is -0.0835. The summed E-state index contributed by atoms with van der Waals surface area (Å²) in [5, 5.41) is 6.11. The van der Waals surface area contributed by atoms with Gasteiger partial charge in [-0.05, 0) is 19.8 Å². The van der Waals surface area contributed by atoms with Crippen LogP contribution in [0, 0.1) is 0 Å². The minimum Gasteiger partial charge on any atom is -0.376 e. The molecule has 6 nitrogen and oxygen atoms in total. The Morgan fingerprint density at radius 3 is 2.95 bits per heavy atom. The van der Waals surface area contributed by atoms with Crippen molar-refractivity contribution < 1.29 is 9.53 Å². The first-order valence-corrected chi connectivity index (χ1v) is 8.90. The second-order valence-electron chi connectivity index (χ2n) is 5.89. The Hall–Kier alpha value is -1.18. The van der Waals surface area contributed by atoms with Crippen molar-refractivity contribution in [3.05, 3.63) is 11.6 Å². The van der Waals surface area contributed by atoms with E-state index in [1.807, 2.05) is 18.5 Å². The highest BCUT2D eigenvalue weighted by Crippen LogP contribution is 2.19. The third kappa shape index (κ3) is 3.77. The molecule has 22 heavy (non-hydrogen) atoms. The largest absolute Gasteiger partial charge is 0.376 e. The predicted octanol–water partition coefficient (Wildman–Crippen LogP) is 0.949. The first-order chi connectivity index (χ1) is 10.7. The van der Waals surface area contributed by atoms with Gasteiger partial charge in [-0.3, -0.25) is 9.69 Å². The Bertz CT molecular complexity index is 468. The molecule has 0 radical (unpaired) electrons. The molecule has 1 aromatic heterocycles. The second-order valence-corrected chi connectivity index (χ2v) is 6.77. The van der Waals surface area contributed by atoms with Crippen LogP contribution >= 0.6 is 11.3 Å². The molecule has 1 aromatic rings. The van der Waals surface area contributed by atoms with E-state index in [1.165, 1.54) is 0 Å². The second kappa shape index (κ2) is 7.39. The number of aromatic nitrogens is 1. The van der Waals surface area contributed by atoms with Gasteiger partial charge < -0.3 is 15.0 Å². The fourth-order valence-corrected chi connectivity index (χ4v) is 3.70. The van der Waals surface area contributed by atoms with Crippen molar-refractivity contribution in [3.63, 3.8) is 0 Å². The fraction of sp³-hybridized carbons (Fsp3) is 0.733. The number of carbonyl (C=O) groups is 1. The van der Waals surface area contributed by atoms with Gasteiger partial charge in [0, 0.05) is 50.9 Å². The van der Waals surface area contributed by atoms with E-state index in [9.17, 15) is 4.79 Å². The van der Waals surface area contributed by atoms with E-state index in [4.69, 9.17) is 4.74 Å². The minimum absolute atomic E-state index is 0.0835. The van der Waals surface area contributed by atoms with E-state index >= 15 is 0 Å². The number of amides is 1. The predicted molar refractivity (Wildman–Crippen MR) is 87.3 cm³/mol. The number of nitrogens with one attached hydrogen (secondary N) is 1. The van der Waals surface area contributed by atoms with Crippen LogP contribution in [-0.4, -0.2) is 67.3 Å². The number of piperazine rings is 1. The molecule has 1 amide bonds. The molecule has 0 saturated carbocycles. The Labute approximate surface area is 135 Å². The molecule has 0 bridgehead atoms. The lowest BCUT2D eigenvalue weighted by atomic mass is 10.2. The zero-order chi connectivity index (χ0) is 15.4. The van der Waals surface area contributed by atoms with Gasteiger partial charge in [0.05, 0.1) is 12.1 Å². The van der Waals surface area contributed by atoms with Crippen LogP contribution in [0.25, 0.3) is 0 Å². The van der Waals surface area contributed by atoms with Gasteiger partial charge >= 0.3 is 0 Å². The SMILES string of the molecule is CC(C(=O)NCC1CCCO1)N1CCN(c2nccs2)CC1. The van der Waals surface area contributed by atoms with Crippen molar-refractivity contribution >= 4 is 22.4 Å². The lowest BCUT2D eigenvalue weighted by molar-refractivity contribution is -0.126. The van der Waals surface area contributed by atoms with E-state index in [2.05, 4.69) is 20.1 Å². The van der Waals surface area contributed by atoms with E-state index in [-0.39, 0.29) is 18.1 Å². The van der Waals surface area contributed by atoms with Crippen molar-refractivity contribution in [1.29, 1.82) is 0 Å². The quantitative estimate of drug-likeness (QED) is 0.874. The molecule has 2 aliphatic heterocycles. The summed E-state index contributed by atoms with van der Waals surface area (Å²) in [6.45, 7) is 7.11. The summed E-state index contributed by atoms with van der Waals surface area (Å²) in [4.78, 5) is 21.2. The van der Waals surface area contributed by atoms with Crippen molar-refractivity contribution in [2.75, 3.05) is 44.2 Å². The molecular formula is C15H24N4O2S. The van der Waals surface area contributed by atoms with Gasteiger partial charge in [-0.25, -0.2) is 4.98 Å². The van der Waals surface area contributed by atoms with Crippen LogP contribution in [0.5, 0.6) is 0 Å². The van der Waals surface area contributed by atoms with Crippen LogP contribution in [0.2, 0.25) is 0 Å². The summed E-state index contributed by atoms with van der Waals surface area (Å²) < 4.78 is 5.54. The number of nitrogens with zero attached hydrogens (tertiary/aromatic N) is 3. The van der Waals surface area contributed by atoms with E-state index in [0.29, 0.717) is 6.54 Å². The molecule has 3 rings (SSSR count). The molecule has 3 heterocycles. The molecule has 2 fully saturated rings. The maximum Gasteiger partial charge on any atom is 0.237 e. The fourth-order valence-electron chi connectivity index (χ4n) is 3.01. The topological polar surface area (TPSA) is 57.7 Å². The van der Waals surface area contributed by atoms with Crippen LogP contribution < -0.4 is 10.2 Å². The van der Waals surface area contributed by atoms with E-state index in [1.54, 1.807) is 11.3 Å². The summed E-state index contributed by atoms with van der Waals surface area (Å²) in [5.74, 6) is 0.109. The Balaban J connectivity index is 1.42. The molecular weight excluding hydrogens is 300 g/mol. The smallest absolute Gasteiger partial charge is 0.237 e. The van der Waals surface area contributed by atoms with Gasteiger partial charge in [-0.15, -0.1) is 11.3 Å². The number of hydrogen-bond acceptors (Lipinski definition) is 6. The summed E-state index contributed by atoms with van der Waals surface area (Å²) in [7, 11) is 0. The molecule has 2 aliphatic rings. The van der Waals surface area contributed by atoms with Crippen LogP contribution in [0.3, 0.4) is 0 Å². The zero-order valence-electron chi connectivity index (χ0n) is 13.0. The van der Waals surface area contributed by atoms with Gasteiger partial charge in [0.15, 0.2) is 5.13 Å². The average Bonchev–Trinajstić information content (AvgIpc) is 3.25. The Morgan fingerprint density at radius 1 is 1.50 bits per heavy atom. The van der Waals surface area contributed by atoms with Gasteiger partial charge in [-0.1, -0.05) is 0 Å². The standard InChI is InChI=1S/C15H24N4O2S/c1-12(14(20)17-11-13-3-2-9-21-13)18-5-7-19(8-6-18)15-16-4-10-22-15/h4,10,12-13H,2-3,5-9,11H2,1H3,(H,17,20). The number of anilines is 1. The zero-order valence-corrected chi connectivity index (χ0v) is 13.8. The highest BCUT2D eigenvalue weighted by atomic mass is 32.1. The molecule has 122 valence electrons. The van der Waals surface area contributed by atoms with Gasteiger partial charge in [-0.2, -0.15) is 0 Å². The normalized spacial score (nSPS) is 24.4. The highest BCUT2D eigenvalue weighted by molar-refractivity contribution is 7.13. The lowest BCUT2D eigenvalue weighted by Gasteiger charge is -2.37. The van der Waals surface area contributed by atoms with Crippen molar-refractivity contribution in [3.8, 4) is 0 Å².